The third kappa shape index (κ3) is 3.31. The lowest BCUT2D eigenvalue weighted by atomic mass is 10.0. The van der Waals surface area contributed by atoms with Crippen LogP contribution in [-0.4, -0.2) is 32.1 Å². The summed E-state index contributed by atoms with van der Waals surface area (Å²) in [4.78, 5) is 2.34. The van der Waals surface area contributed by atoms with Crippen LogP contribution in [0.25, 0.3) is 10.8 Å². The number of benzene rings is 2. The molecule has 0 unspecified atom stereocenters. The molecule has 2 heteroatoms. The van der Waals surface area contributed by atoms with E-state index < -0.39 is 0 Å². The minimum atomic E-state index is 1.01. The molecule has 0 radical (unpaired) electrons. The van der Waals surface area contributed by atoms with Crippen molar-refractivity contribution in [3.05, 3.63) is 47.5 Å². The van der Waals surface area contributed by atoms with Gasteiger partial charge in [0.2, 0.25) is 0 Å². The minimum Gasteiger partial charge on any atom is -0.318 e. The van der Waals surface area contributed by atoms with Crippen LogP contribution in [0, 0.1) is 6.92 Å². The molecule has 1 N–H and O–H groups in total. The predicted molar refractivity (Wildman–Crippen MR) is 78.9 cm³/mol. The Balaban J connectivity index is 2.12. The van der Waals surface area contributed by atoms with Gasteiger partial charge in [-0.3, -0.25) is 0 Å². The van der Waals surface area contributed by atoms with Gasteiger partial charge in [-0.1, -0.05) is 35.9 Å². The zero-order chi connectivity index (χ0) is 13.0. The second kappa shape index (κ2) is 5.98. The minimum absolute atomic E-state index is 1.01. The molecule has 0 spiro atoms. The van der Waals surface area contributed by atoms with Gasteiger partial charge in [-0.25, -0.2) is 0 Å². The first-order valence-electron chi connectivity index (χ1n) is 6.51. The fourth-order valence-corrected chi connectivity index (χ4v) is 2.21. The number of hydrogen-bond donors (Lipinski definition) is 1. The average molecular weight is 242 g/mol. The highest BCUT2D eigenvalue weighted by Gasteiger charge is 2.01. The van der Waals surface area contributed by atoms with Gasteiger partial charge in [0.1, 0.15) is 0 Å². The summed E-state index contributed by atoms with van der Waals surface area (Å²) in [6.07, 6.45) is 0. The molecule has 0 saturated carbocycles. The number of rotatable bonds is 5. The van der Waals surface area contributed by atoms with Crippen molar-refractivity contribution in [2.45, 2.75) is 13.5 Å². The summed E-state index contributed by atoms with van der Waals surface area (Å²) in [5, 5.41) is 5.84. The Morgan fingerprint density at radius 3 is 2.56 bits per heavy atom. The fourth-order valence-electron chi connectivity index (χ4n) is 2.21. The number of likely N-dealkylation sites (N-methyl/N-ethyl adjacent to an activating group) is 2. The van der Waals surface area contributed by atoms with E-state index in [0.29, 0.717) is 0 Å². The van der Waals surface area contributed by atoms with E-state index in [-0.39, 0.29) is 0 Å². The molecule has 0 amide bonds. The summed E-state index contributed by atoms with van der Waals surface area (Å²) in [5.74, 6) is 0. The van der Waals surface area contributed by atoms with Gasteiger partial charge in [0.15, 0.2) is 0 Å². The van der Waals surface area contributed by atoms with Crippen LogP contribution in [0.3, 0.4) is 0 Å². The lowest BCUT2D eigenvalue weighted by Crippen LogP contribution is -2.26. The van der Waals surface area contributed by atoms with Crippen molar-refractivity contribution in [3.8, 4) is 0 Å². The molecule has 0 aromatic heterocycles. The van der Waals surface area contributed by atoms with E-state index >= 15 is 0 Å². The average Bonchev–Trinajstić information content (AvgIpc) is 2.36. The molecule has 0 saturated heterocycles. The molecule has 96 valence electrons. The molecular formula is C16H22N2. The van der Waals surface area contributed by atoms with Crippen LogP contribution in [0.5, 0.6) is 0 Å². The molecule has 2 aromatic carbocycles. The van der Waals surface area contributed by atoms with E-state index in [4.69, 9.17) is 0 Å². The van der Waals surface area contributed by atoms with Crippen molar-refractivity contribution in [2.24, 2.45) is 0 Å². The Labute approximate surface area is 110 Å². The SMILES string of the molecule is CNCCN(C)Cc1ccc2cc(C)ccc2c1. The summed E-state index contributed by atoms with van der Waals surface area (Å²) in [6, 6.07) is 13.4. The van der Waals surface area contributed by atoms with Crippen molar-refractivity contribution in [2.75, 3.05) is 27.2 Å². The number of hydrogen-bond acceptors (Lipinski definition) is 2. The smallest absolute Gasteiger partial charge is 0.0231 e. The molecule has 0 bridgehead atoms. The molecule has 0 aliphatic rings. The van der Waals surface area contributed by atoms with Crippen LogP contribution >= 0.6 is 0 Å². The third-order valence-corrected chi connectivity index (χ3v) is 3.26. The highest BCUT2D eigenvalue weighted by Crippen LogP contribution is 2.18. The van der Waals surface area contributed by atoms with Crippen LogP contribution in [0.1, 0.15) is 11.1 Å². The van der Waals surface area contributed by atoms with Crippen molar-refractivity contribution in [1.82, 2.24) is 10.2 Å². The number of fused-ring (bicyclic) bond motifs is 1. The van der Waals surface area contributed by atoms with E-state index in [1.807, 2.05) is 7.05 Å². The molecular weight excluding hydrogens is 220 g/mol. The van der Waals surface area contributed by atoms with Gasteiger partial charge in [-0.15, -0.1) is 0 Å². The normalized spacial score (nSPS) is 11.3. The summed E-state index contributed by atoms with van der Waals surface area (Å²) < 4.78 is 0. The monoisotopic (exact) mass is 242 g/mol. The van der Waals surface area contributed by atoms with E-state index in [9.17, 15) is 0 Å². The van der Waals surface area contributed by atoms with Gasteiger partial charge < -0.3 is 10.2 Å². The highest BCUT2D eigenvalue weighted by atomic mass is 15.1. The summed E-state index contributed by atoms with van der Waals surface area (Å²) in [5.41, 5.74) is 2.70. The number of nitrogens with one attached hydrogen (secondary N) is 1. The molecule has 0 fully saturated rings. The van der Waals surface area contributed by atoms with Crippen LogP contribution in [0.15, 0.2) is 36.4 Å². The van der Waals surface area contributed by atoms with E-state index in [2.05, 4.69) is 60.6 Å². The standard InChI is InChI=1S/C16H22N2/c1-13-4-6-16-11-14(5-7-15(16)10-13)12-18(3)9-8-17-2/h4-7,10-11,17H,8-9,12H2,1-3H3. The van der Waals surface area contributed by atoms with Crippen LogP contribution in [0.2, 0.25) is 0 Å². The van der Waals surface area contributed by atoms with E-state index in [1.165, 1.54) is 21.9 Å². The molecule has 18 heavy (non-hydrogen) atoms. The Bertz CT molecular complexity index is 519. The Kier molecular flexibility index (Phi) is 4.34. The second-order valence-electron chi connectivity index (χ2n) is 5.03. The summed E-state index contributed by atoms with van der Waals surface area (Å²) in [6.45, 7) is 5.25. The van der Waals surface area contributed by atoms with Crippen LogP contribution in [-0.2, 0) is 6.54 Å². The van der Waals surface area contributed by atoms with Gasteiger partial charge in [0, 0.05) is 19.6 Å². The molecule has 2 nitrogen and oxygen atoms in total. The van der Waals surface area contributed by atoms with Gasteiger partial charge in [0.25, 0.3) is 0 Å². The van der Waals surface area contributed by atoms with Crippen LogP contribution in [0.4, 0.5) is 0 Å². The van der Waals surface area contributed by atoms with Crippen molar-refractivity contribution in [1.29, 1.82) is 0 Å². The zero-order valence-corrected chi connectivity index (χ0v) is 11.5. The number of aryl methyl sites for hydroxylation is 1. The van der Waals surface area contributed by atoms with Crippen molar-refractivity contribution < 1.29 is 0 Å². The maximum absolute atomic E-state index is 3.18. The van der Waals surface area contributed by atoms with Gasteiger partial charge in [-0.05, 0) is 43.4 Å². The van der Waals surface area contributed by atoms with Gasteiger partial charge in [-0.2, -0.15) is 0 Å². The first-order chi connectivity index (χ1) is 8.69. The Morgan fingerprint density at radius 2 is 1.78 bits per heavy atom. The molecule has 0 aliphatic heterocycles. The van der Waals surface area contributed by atoms with Gasteiger partial charge in [0.05, 0.1) is 0 Å². The molecule has 0 aliphatic carbocycles. The lowest BCUT2D eigenvalue weighted by molar-refractivity contribution is 0.328. The van der Waals surface area contributed by atoms with E-state index in [0.717, 1.165) is 19.6 Å². The molecule has 2 rings (SSSR count). The summed E-state index contributed by atoms with van der Waals surface area (Å²) in [7, 11) is 4.16. The Hall–Kier alpha value is -1.38. The predicted octanol–water partition coefficient (Wildman–Crippen LogP) is 2.80. The first kappa shape index (κ1) is 13.1. The molecule has 0 heterocycles. The van der Waals surface area contributed by atoms with Crippen molar-refractivity contribution in [3.63, 3.8) is 0 Å². The maximum atomic E-state index is 3.18. The molecule has 0 atom stereocenters. The highest BCUT2D eigenvalue weighted by molar-refractivity contribution is 5.83. The lowest BCUT2D eigenvalue weighted by Gasteiger charge is -2.16. The maximum Gasteiger partial charge on any atom is 0.0231 e. The topological polar surface area (TPSA) is 15.3 Å². The summed E-state index contributed by atoms with van der Waals surface area (Å²) >= 11 is 0. The quantitative estimate of drug-likeness (QED) is 0.867. The van der Waals surface area contributed by atoms with Gasteiger partial charge >= 0.3 is 0 Å². The second-order valence-corrected chi connectivity index (χ2v) is 5.03. The largest absolute Gasteiger partial charge is 0.318 e. The Morgan fingerprint density at radius 1 is 1.06 bits per heavy atom. The molecule has 2 aromatic rings. The number of nitrogens with zero attached hydrogens (tertiary/aromatic N) is 1. The zero-order valence-electron chi connectivity index (χ0n) is 11.5. The third-order valence-electron chi connectivity index (χ3n) is 3.26. The van der Waals surface area contributed by atoms with Crippen molar-refractivity contribution >= 4 is 10.8 Å². The fraction of sp³-hybridized carbons (Fsp3) is 0.375. The van der Waals surface area contributed by atoms with E-state index in [1.54, 1.807) is 0 Å². The first-order valence-corrected chi connectivity index (χ1v) is 6.51. The van der Waals surface area contributed by atoms with Crippen LogP contribution < -0.4 is 5.32 Å².